The van der Waals surface area contributed by atoms with E-state index < -0.39 is 6.08 Å². The molecule has 0 spiro atoms. The molecule has 88 valence electrons. The molecular formula is C9H10F2N2O2S. The lowest BCUT2D eigenvalue weighted by Gasteiger charge is -1.91. The number of aromatic nitrogens is 1. The summed E-state index contributed by atoms with van der Waals surface area (Å²) >= 11 is 1.26. The molecule has 4 nitrogen and oxygen atoms in total. The second kappa shape index (κ2) is 7.00. The summed E-state index contributed by atoms with van der Waals surface area (Å²) < 4.78 is 28.6. The van der Waals surface area contributed by atoms with E-state index in [0.29, 0.717) is 16.7 Å². The first-order valence-corrected chi connectivity index (χ1v) is 5.37. The SMILES string of the molecule is CO/N=C\c1cnc(SCCC=C(F)F)o1. The number of halogens is 2. The molecule has 0 atom stereocenters. The van der Waals surface area contributed by atoms with Crippen LogP contribution in [0.4, 0.5) is 8.78 Å². The average Bonchev–Trinajstić information content (AvgIpc) is 2.69. The van der Waals surface area contributed by atoms with Gasteiger partial charge in [0.1, 0.15) is 13.3 Å². The monoisotopic (exact) mass is 248 g/mol. The largest absolute Gasteiger partial charge is 0.430 e. The van der Waals surface area contributed by atoms with Crippen molar-refractivity contribution >= 4 is 18.0 Å². The van der Waals surface area contributed by atoms with E-state index in [4.69, 9.17) is 4.42 Å². The Morgan fingerprint density at radius 2 is 2.50 bits per heavy atom. The highest BCUT2D eigenvalue weighted by atomic mass is 32.2. The molecule has 0 radical (unpaired) electrons. The van der Waals surface area contributed by atoms with E-state index in [-0.39, 0.29) is 6.42 Å². The molecule has 1 aromatic rings. The predicted molar refractivity (Wildman–Crippen MR) is 56.7 cm³/mol. The van der Waals surface area contributed by atoms with Crippen LogP contribution in [-0.4, -0.2) is 24.1 Å². The molecule has 0 amide bonds. The first-order valence-electron chi connectivity index (χ1n) is 4.38. The highest BCUT2D eigenvalue weighted by molar-refractivity contribution is 7.99. The van der Waals surface area contributed by atoms with Crippen molar-refractivity contribution in [2.24, 2.45) is 5.16 Å². The number of hydrogen-bond acceptors (Lipinski definition) is 5. The summed E-state index contributed by atoms with van der Waals surface area (Å²) in [6, 6.07) is 0. The van der Waals surface area contributed by atoms with Gasteiger partial charge in [0, 0.05) is 5.75 Å². The van der Waals surface area contributed by atoms with Crippen LogP contribution in [0.1, 0.15) is 12.2 Å². The van der Waals surface area contributed by atoms with Crippen molar-refractivity contribution in [3.8, 4) is 0 Å². The fourth-order valence-electron chi connectivity index (χ4n) is 0.815. The third kappa shape index (κ3) is 4.92. The number of oxazole rings is 1. The Kier molecular flexibility index (Phi) is 5.55. The second-order valence-electron chi connectivity index (χ2n) is 2.58. The molecule has 0 aliphatic heterocycles. The van der Waals surface area contributed by atoms with Crippen LogP contribution in [0.15, 0.2) is 33.1 Å². The van der Waals surface area contributed by atoms with Crippen molar-refractivity contribution in [3.05, 3.63) is 24.1 Å². The summed E-state index contributed by atoms with van der Waals surface area (Å²) in [5.74, 6) is 0.940. The van der Waals surface area contributed by atoms with Crippen LogP contribution in [0.5, 0.6) is 0 Å². The van der Waals surface area contributed by atoms with Gasteiger partial charge < -0.3 is 9.25 Å². The van der Waals surface area contributed by atoms with Gasteiger partial charge in [-0.05, 0) is 12.5 Å². The number of thioether (sulfide) groups is 1. The number of hydrogen-bond donors (Lipinski definition) is 0. The van der Waals surface area contributed by atoms with E-state index in [1.807, 2.05) is 0 Å². The molecule has 0 aromatic carbocycles. The molecule has 0 N–H and O–H groups in total. The first-order chi connectivity index (χ1) is 7.72. The molecule has 7 heteroatoms. The Balaban J connectivity index is 2.35. The van der Waals surface area contributed by atoms with Crippen LogP contribution in [0, 0.1) is 0 Å². The van der Waals surface area contributed by atoms with Gasteiger partial charge >= 0.3 is 0 Å². The fraction of sp³-hybridized carbons (Fsp3) is 0.333. The smallest absolute Gasteiger partial charge is 0.266 e. The minimum absolute atomic E-state index is 0.275. The zero-order valence-corrected chi connectivity index (χ0v) is 9.34. The Hall–Kier alpha value is -1.37. The van der Waals surface area contributed by atoms with Gasteiger partial charge in [0.15, 0.2) is 5.76 Å². The molecule has 1 heterocycles. The highest BCUT2D eigenvalue weighted by Crippen LogP contribution is 2.18. The molecule has 0 saturated carbocycles. The molecule has 0 aliphatic carbocycles. The standard InChI is InChI=1S/C9H10F2N2O2S/c1-14-13-6-7-5-12-9(15-7)16-4-2-3-8(10)11/h3,5-6H,2,4H2,1H3/b13-6-. The van der Waals surface area contributed by atoms with Crippen molar-refractivity contribution in [1.82, 2.24) is 4.98 Å². The first kappa shape index (κ1) is 12.7. The Morgan fingerprint density at radius 1 is 1.69 bits per heavy atom. The Morgan fingerprint density at radius 3 is 3.19 bits per heavy atom. The summed E-state index contributed by atoms with van der Waals surface area (Å²) in [4.78, 5) is 8.39. The second-order valence-corrected chi connectivity index (χ2v) is 3.62. The number of allylic oxidation sites excluding steroid dienone is 1. The van der Waals surface area contributed by atoms with Crippen LogP contribution >= 0.6 is 11.8 Å². The lowest BCUT2D eigenvalue weighted by atomic mass is 10.5. The predicted octanol–water partition coefficient (Wildman–Crippen LogP) is 2.92. The average molecular weight is 248 g/mol. The normalized spacial score (nSPS) is 10.7. The van der Waals surface area contributed by atoms with Gasteiger partial charge in [-0.2, -0.15) is 8.78 Å². The summed E-state index contributed by atoms with van der Waals surface area (Å²) in [5.41, 5.74) is 0. The van der Waals surface area contributed by atoms with E-state index >= 15 is 0 Å². The summed E-state index contributed by atoms with van der Waals surface area (Å²) in [5, 5.41) is 3.92. The van der Waals surface area contributed by atoms with E-state index in [9.17, 15) is 8.78 Å². The molecule has 0 unspecified atom stereocenters. The van der Waals surface area contributed by atoms with E-state index in [1.165, 1.54) is 31.3 Å². The van der Waals surface area contributed by atoms with Crippen LogP contribution in [0.2, 0.25) is 0 Å². The number of nitrogens with zero attached hydrogens (tertiary/aromatic N) is 2. The topological polar surface area (TPSA) is 47.6 Å². The van der Waals surface area contributed by atoms with Crippen molar-refractivity contribution in [2.75, 3.05) is 12.9 Å². The van der Waals surface area contributed by atoms with Gasteiger partial charge in [-0.25, -0.2) is 4.98 Å². The summed E-state index contributed by atoms with van der Waals surface area (Å²) in [6.07, 6.45) is 2.33. The lowest BCUT2D eigenvalue weighted by molar-refractivity contribution is 0.215. The summed E-state index contributed by atoms with van der Waals surface area (Å²) in [6.45, 7) is 0. The molecular weight excluding hydrogens is 238 g/mol. The van der Waals surface area contributed by atoms with Gasteiger partial charge in [0.2, 0.25) is 0 Å². The van der Waals surface area contributed by atoms with Crippen molar-refractivity contribution in [1.29, 1.82) is 0 Å². The molecule has 0 aliphatic rings. The van der Waals surface area contributed by atoms with Crippen molar-refractivity contribution in [2.45, 2.75) is 11.6 Å². The third-order valence-corrected chi connectivity index (χ3v) is 2.31. The van der Waals surface area contributed by atoms with Crippen LogP contribution in [0.25, 0.3) is 0 Å². The van der Waals surface area contributed by atoms with Gasteiger partial charge in [-0.1, -0.05) is 16.9 Å². The highest BCUT2D eigenvalue weighted by Gasteiger charge is 2.02. The third-order valence-electron chi connectivity index (χ3n) is 1.43. The molecule has 1 rings (SSSR count). The zero-order chi connectivity index (χ0) is 11.8. The lowest BCUT2D eigenvalue weighted by Crippen LogP contribution is -1.77. The van der Waals surface area contributed by atoms with Gasteiger partial charge in [0.05, 0.1) is 6.20 Å². The van der Waals surface area contributed by atoms with Gasteiger partial charge in [0.25, 0.3) is 11.3 Å². The maximum absolute atomic E-state index is 11.7. The maximum atomic E-state index is 11.7. The van der Waals surface area contributed by atoms with Crippen LogP contribution < -0.4 is 0 Å². The van der Waals surface area contributed by atoms with Crippen molar-refractivity contribution in [3.63, 3.8) is 0 Å². The number of oxime groups is 1. The minimum Gasteiger partial charge on any atom is -0.430 e. The Labute approximate surface area is 95.4 Å². The van der Waals surface area contributed by atoms with Crippen molar-refractivity contribution < 1.29 is 18.0 Å². The fourth-order valence-corrected chi connectivity index (χ4v) is 1.51. The molecule has 0 fully saturated rings. The van der Waals surface area contributed by atoms with E-state index in [2.05, 4.69) is 15.0 Å². The van der Waals surface area contributed by atoms with Gasteiger partial charge in [-0.3, -0.25) is 0 Å². The zero-order valence-electron chi connectivity index (χ0n) is 8.52. The minimum atomic E-state index is -1.67. The summed E-state index contributed by atoms with van der Waals surface area (Å²) in [7, 11) is 1.42. The molecule has 16 heavy (non-hydrogen) atoms. The molecule has 0 bridgehead atoms. The van der Waals surface area contributed by atoms with Crippen LogP contribution in [0.3, 0.4) is 0 Å². The van der Waals surface area contributed by atoms with E-state index in [1.54, 1.807) is 0 Å². The molecule has 1 aromatic heterocycles. The van der Waals surface area contributed by atoms with Gasteiger partial charge in [-0.15, -0.1) is 0 Å². The number of rotatable bonds is 6. The maximum Gasteiger partial charge on any atom is 0.266 e. The van der Waals surface area contributed by atoms with Crippen LogP contribution in [-0.2, 0) is 4.84 Å². The van der Waals surface area contributed by atoms with E-state index in [0.717, 1.165) is 6.08 Å². The molecule has 0 saturated heterocycles. The quantitative estimate of drug-likeness (QED) is 0.336. The Bertz CT molecular complexity index is 375.